The highest BCUT2D eigenvalue weighted by molar-refractivity contribution is 6.04. The monoisotopic (exact) mass is 356 g/mol. The fourth-order valence-electron chi connectivity index (χ4n) is 2.39. The predicted molar refractivity (Wildman–Crippen MR) is 94.6 cm³/mol. The zero-order chi connectivity index (χ0) is 18.4. The molecule has 0 unspecified atom stereocenters. The Morgan fingerprint density at radius 3 is 2.81 bits per heavy atom. The first kappa shape index (κ1) is 17.6. The zero-order valence-corrected chi connectivity index (χ0v) is 14.4. The Morgan fingerprint density at radius 1 is 1.19 bits per heavy atom. The van der Waals surface area contributed by atoms with Crippen LogP contribution in [0, 0.1) is 0 Å². The van der Waals surface area contributed by atoms with Gasteiger partial charge in [0.2, 0.25) is 6.79 Å². The summed E-state index contributed by atoms with van der Waals surface area (Å²) in [6.07, 6.45) is 4.80. The van der Waals surface area contributed by atoms with Crippen LogP contribution in [0.15, 0.2) is 46.7 Å². The van der Waals surface area contributed by atoms with Gasteiger partial charge in [0.05, 0.1) is 6.26 Å². The standard InChI is InChI=1S/C19H20N2O5/c1-2-3-8-20-18(22)14(21-19(23)16-5-4-9-24-16)10-13-6-7-15-17(11-13)26-12-25-15/h4-7,9-11H,2-3,8,12H2,1H3,(H,20,22)(H,21,23). The van der Waals surface area contributed by atoms with Crippen molar-refractivity contribution in [3.05, 3.63) is 53.6 Å². The molecule has 7 nitrogen and oxygen atoms in total. The van der Waals surface area contributed by atoms with Crippen molar-refractivity contribution in [2.24, 2.45) is 0 Å². The average Bonchev–Trinajstić information content (AvgIpc) is 3.32. The van der Waals surface area contributed by atoms with Crippen molar-refractivity contribution in [1.82, 2.24) is 10.6 Å². The van der Waals surface area contributed by atoms with E-state index in [0.717, 1.165) is 12.8 Å². The maximum atomic E-state index is 12.5. The highest BCUT2D eigenvalue weighted by atomic mass is 16.7. The van der Waals surface area contributed by atoms with E-state index in [1.165, 1.54) is 12.3 Å². The molecule has 2 aromatic rings. The van der Waals surface area contributed by atoms with Crippen LogP contribution in [0.2, 0.25) is 0 Å². The first-order valence-corrected chi connectivity index (χ1v) is 8.42. The average molecular weight is 356 g/mol. The van der Waals surface area contributed by atoms with Crippen LogP contribution in [0.1, 0.15) is 35.9 Å². The molecule has 3 rings (SSSR count). The van der Waals surface area contributed by atoms with Crippen molar-refractivity contribution in [1.29, 1.82) is 0 Å². The van der Waals surface area contributed by atoms with E-state index in [9.17, 15) is 9.59 Å². The number of fused-ring (bicyclic) bond motifs is 1. The fourth-order valence-corrected chi connectivity index (χ4v) is 2.39. The lowest BCUT2D eigenvalue weighted by molar-refractivity contribution is -0.117. The molecule has 136 valence electrons. The molecule has 0 aliphatic carbocycles. The molecule has 0 radical (unpaired) electrons. The van der Waals surface area contributed by atoms with Gasteiger partial charge in [0.15, 0.2) is 17.3 Å². The molecule has 1 aliphatic rings. The Morgan fingerprint density at radius 2 is 2.04 bits per heavy atom. The third-order valence-electron chi connectivity index (χ3n) is 3.76. The van der Waals surface area contributed by atoms with Crippen LogP contribution in [0.25, 0.3) is 6.08 Å². The minimum atomic E-state index is -0.493. The summed E-state index contributed by atoms with van der Waals surface area (Å²) in [5, 5.41) is 5.41. The largest absolute Gasteiger partial charge is 0.459 e. The summed E-state index contributed by atoms with van der Waals surface area (Å²) in [6, 6.07) is 8.43. The molecule has 0 atom stereocenters. The highest BCUT2D eigenvalue weighted by Crippen LogP contribution is 2.33. The molecule has 0 saturated heterocycles. The van der Waals surface area contributed by atoms with Crippen LogP contribution < -0.4 is 20.1 Å². The molecule has 0 fully saturated rings. The van der Waals surface area contributed by atoms with Crippen LogP contribution in [-0.4, -0.2) is 25.2 Å². The SMILES string of the molecule is CCCCNC(=O)C(=Cc1ccc2c(c1)OCO2)NC(=O)c1ccco1. The number of carbonyl (C=O) groups excluding carboxylic acids is 2. The van der Waals surface area contributed by atoms with Crippen LogP contribution in [-0.2, 0) is 4.79 Å². The summed E-state index contributed by atoms with van der Waals surface area (Å²) >= 11 is 0. The van der Waals surface area contributed by atoms with E-state index in [2.05, 4.69) is 10.6 Å². The van der Waals surface area contributed by atoms with Gasteiger partial charge in [-0.25, -0.2) is 0 Å². The van der Waals surface area contributed by atoms with E-state index in [0.29, 0.717) is 23.6 Å². The van der Waals surface area contributed by atoms with E-state index >= 15 is 0 Å². The summed E-state index contributed by atoms with van der Waals surface area (Å²) in [5.74, 6) is 0.518. The van der Waals surface area contributed by atoms with Crippen molar-refractivity contribution in [3.63, 3.8) is 0 Å². The molecule has 7 heteroatoms. The van der Waals surface area contributed by atoms with Crippen LogP contribution in [0.5, 0.6) is 11.5 Å². The number of hydrogen-bond donors (Lipinski definition) is 2. The summed E-state index contributed by atoms with van der Waals surface area (Å²) in [4.78, 5) is 24.7. The van der Waals surface area contributed by atoms with Gasteiger partial charge < -0.3 is 24.5 Å². The second-order valence-electron chi connectivity index (χ2n) is 5.71. The van der Waals surface area contributed by atoms with Gasteiger partial charge in [0.25, 0.3) is 11.8 Å². The van der Waals surface area contributed by atoms with E-state index in [-0.39, 0.29) is 24.2 Å². The van der Waals surface area contributed by atoms with Crippen molar-refractivity contribution in [2.45, 2.75) is 19.8 Å². The first-order valence-electron chi connectivity index (χ1n) is 8.42. The maximum Gasteiger partial charge on any atom is 0.291 e. The van der Waals surface area contributed by atoms with Gasteiger partial charge in [0, 0.05) is 6.54 Å². The van der Waals surface area contributed by atoms with Crippen molar-refractivity contribution in [2.75, 3.05) is 13.3 Å². The minimum Gasteiger partial charge on any atom is -0.459 e. The van der Waals surface area contributed by atoms with Gasteiger partial charge in [-0.3, -0.25) is 9.59 Å². The summed E-state index contributed by atoms with van der Waals surface area (Å²) in [7, 11) is 0. The smallest absolute Gasteiger partial charge is 0.291 e. The van der Waals surface area contributed by atoms with E-state index in [1.807, 2.05) is 6.92 Å². The third kappa shape index (κ3) is 4.24. The lowest BCUT2D eigenvalue weighted by Gasteiger charge is -2.10. The Bertz CT molecular complexity index is 811. The quantitative estimate of drug-likeness (QED) is 0.588. The lowest BCUT2D eigenvalue weighted by atomic mass is 10.1. The Kier molecular flexibility index (Phi) is 5.58. The number of benzene rings is 1. The maximum absolute atomic E-state index is 12.5. The van der Waals surface area contributed by atoms with Gasteiger partial charge in [0.1, 0.15) is 5.70 Å². The topological polar surface area (TPSA) is 89.8 Å². The van der Waals surface area contributed by atoms with Gasteiger partial charge in [-0.15, -0.1) is 0 Å². The number of ether oxygens (including phenoxy) is 2. The molecule has 1 aromatic carbocycles. The van der Waals surface area contributed by atoms with Gasteiger partial charge in [-0.2, -0.15) is 0 Å². The van der Waals surface area contributed by atoms with Crippen molar-refractivity contribution >= 4 is 17.9 Å². The molecular formula is C19H20N2O5. The summed E-state index contributed by atoms with van der Waals surface area (Å²) in [5.41, 5.74) is 0.830. The van der Waals surface area contributed by atoms with Gasteiger partial charge in [-0.05, 0) is 42.3 Å². The third-order valence-corrected chi connectivity index (χ3v) is 3.76. The van der Waals surface area contributed by atoms with Crippen LogP contribution in [0.4, 0.5) is 0 Å². The minimum absolute atomic E-state index is 0.126. The van der Waals surface area contributed by atoms with E-state index < -0.39 is 5.91 Å². The van der Waals surface area contributed by atoms with Crippen molar-refractivity contribution in [3.8, 4) is 11.5 Å². The number of rotatable bonds is 7. The Balaban J connectivity index is 1.81. The zero-order valence-electron chi connectivity index (χ0n) is 14.4. The van der Waals surface area contributed by atoms with E-state index in [1.54, 1.807) is 30.3 Å². The number of furan rings is 1. The first-order chi connectivity index (χ1) is 12.7. The molecule has 1 aliphatic heterocycles. The van der Waals surface area contributed by atoms with Crippen LogP contribution in [0.3, 0.4) is 0 Å². The number of unbranched alkanes of at least 4 members (excludes halogenated alkanes) is 1. The number of hydrogen-bond acceptors (Lipinski definition) is 5. The molecule has 2 heterocycles. The van der Waals surface area contributed by atoms with Gasteiger partial charge >= 0.3 is 0 Å². The number of carbonyl (C=O) groups is 2. The molecular weight excluding hydrogens is 336 g/mol. The van der Waals surface area contributed by atoms with Gasteiger partial charge in [-0.1, -0.05) is 19.4 Å². The van der Waals surface area contributed by atoms with Crippen molar-refractivity contribution < 1.29 is 23.5 Å². The molecule has 2 N–H and O–H groups in total. The fraction of sp³-hybridized carbons (Fsp3) is 0.263. The second-order valence-corrected chi connectivity index (χ2v) is 5.71. The molecule has 26 heavy (non-hydrogen) atoms. The molecule has 1 aromatic heterocycles. The summed E-state index contributed by atoms with van der Waals surface area (Å²) < 4.78 is 15.7. The predicted octanol–water partition coefficient (Wildman–Crippen LogP) is 2.70. The number of nitrogens with one attached hydrogen (secondary N) is 2. The molecule has 0 spiro atoms. The Hall–Kier alpha value is -3.22. The number of amides is 2. The normalized spacial score (nSPS) is 12.7. The van der Waals surface area contributed by atoms with E-state index in [4.69, 9.17) is 13.9 Å². The second kappa shape index (κ2) is 8.24. The Labute approximate surface area is 151 Å². The highest BCUT2D eigenvalue weighted by Gasteiger charge is 2.17. The molecule has 0 saturated carbocycles. The summed E-state index contributed by atoms with van der Waals surface area (Å²) in [6.45, 7) is 2.74. The molecule has 2 amide bonds. The van der Waals surface area contributed by atoms with Crippen LogP contribution >= 0.6 is 0 Å². The molecule has 0 bridgehead atoms. The lowest BCUT2D eigenvalue weighted by Crippen LogP contribution is -2.35.